The van der Waals surface area contributed by atoms with E-state index in [9.17, 15) is 4.79 Å². The molecule has 23 heavy (non-hydrogen) atoms. The molecule has 1 unspecified atom stereocenters. The second-order valence-electron chi connectivity index (χ2n) is 8.58. The van der Waals surface area contributed by atoms with Gasteiger partial charge in [0.15, 0.2) is 8.32 Å². The molecule has 1 heterocycles. The number of unbranched alkanes of at least 4 members (excludes halogenated alkanes) is 1. The standard InChI is InChI=1S/C18H36O3Si2/c1-9-10-13-22(5,6)18(3,4)21-23(7,8)16-11-12-20-17(19)15(2)14-16/h14,16H,9-13H2,1-8H3. The van der Waals surface area contributed by atoms with Crippen molar-refractivity contribution in [3.05, 3.63) is 11.6 Å². The molecule has 0 amide bonds. The Kier molecular flexibility index (Phi) is 6.88. The van der Waals surface area contributed by atoms with Crippen molar-refractivity contribution in [3.8, 4) is 0 Å². The van der Waals surface area contributed by atoms with Gasteiger partial charge >= 0.3 is 5.97 Å². The van der Waals surface area contributed by atoms with E-state index in [0.717, 1.165) is 12.0 Å². The number of hydrogen-bond donors (Lipinski definition) is 0. The lowest BCUT2D eigenvalue weighted by Crippen LogP contribution is -2.57. The normalized spacial score (nSPS) is 20.8. The number of rotatable bonds is 7. The van der Waals surface area contributed by atoms with Crippen LogP contribution in [-0.2, 0) is 14.0 Å². The van der Waals surface area contributed by atoms with E-state index in [4.69, 9.17) is 9.16 Å². The van der Waals surface area contributed by atoms with E-state index in [1.165, 1.54) is 18.9 Å². The van der Waals surface area contributed by atoms with Crippen LogP contribution in [0.2, 0.25) is 37.8 Å². The lowest BCUT2D eigenvalue weighted by atomic mass is 10.2. The van der Waals surface area contributed by atoms with Crippen molar-refractivity contribution in [2.75, 3.05) is 6.61 Å². The zero-order valence-electron chi connectivity index (χ0n) is 16.4. The van der Waals surface area contributed by atoms with Gasteiger partial charge in [-0.05, 0) is 45.8 Å². The predicted molar refractivity (Wildman–Crippen MR) is 103 cm³/mol. The minimum absolute atomic E-state index is 0.0448. The maximum absolute atomic E-state index is 11.7. The van der Waals surface area contributed by atoms with E-state index in [-0.39, 0.29) is 11.2 Å². The van der Waals surface area contributed by atoms with Gasteiger partial charge in [-0.2, -0.15) is 0 Å². The van der Waals surface area contributed by atoms with E-state index < -0.39 is 16.4 Å². The van der Waals surface area contributed by atoms with Crippen LogP contribution >= 0.6 is 0 Å². The summed E-state index contributed by atoms with van der Waals surface area (Å²) in [5, 5.41) is -0.0448. The van der Waals surface area contributed by atoms with Crippen molar-refractivity contribution < 1.29 is 14.0 Å². The van der Waals surface area contributed by atoms with Crippen LogP contribution in [0, 0.1) is 0 Å². The zero-order chi connectivity index (χ0) is 17.9. The molecule has 1 aliphatic rings. The summed E-state index contributed by atoms with van der Waals surface area (Å²) in [5.41, 5.74) is 1.07. The Morgan fingerprint density at radius 3 is 2.48 bits per heavy atom. The first kappa shape index (κ1) is 20.6. The van der Waals surface area contributed by atoms with E-state index >= 15 is 0 Å². The van der Waals surface area contributed by atoms with Crippen molar-refractivity contribution in [3.63, 3.8) is 0 Å². The van der Waals surface area contributed by atoms with Crippen LogP contribution in [0.4, 0.5) is 0 Å². The summed E-state index contributed by atoms with van der Waals surface area (Å²) in [4.78, 5) is 11.7. The lowest BCUT2D eigenvalue weighted by molar-refractivity contribution is -0.138. The SMILES string of the molecule is CCCC[Si](C)(C)C(C)(C)O[Si](C)(C)C1C=C(C)C(=O)OCC1. The smallest absolute Gasteiger partial charge is 0.333 e. The topological polar surface area (TPSA) is 35.5 Å². The molecule has 0 fully saturated rings. The predicted octanol–water partition coefficient (Wildman–Crippen LogP) is 5.30. The molecule has 0 aromatic rings. The average molecular weight is 357 g/mol. The highest BCUT2D eigenvalue weighted by atomic mass is 28.4. The Balaban J connectivity index is 2.93. The van der Waals surface area contributed by atoms with Gasteiger partial charge in [-0.15, -0.1) is 0 Å². The number of carbonyl (C=O) groups excluding carboxylic acids is 1. The fourth-order valence-corrected chi connectivity index (χ4v) is 9.85. The van der Waals surface area contributed by atoms with Crippen LogP contribution in [0.1, 0.15) is 47.0 Å². The average Bonchev–Trinajstić information content (AvgIpc) is 2.58. The first-order valence-electron chi connectivity index (χ1n) is 8.98. The highest BCUT2D eigenvalue weighted by molar-refractivity contribution is 6.82. The quantitative estimate of drug-likeness (QED) is 0.459. The van der Waals surface area contributed by atoms with Gasteiger partial charge in [-0.1, -0.05) is 45.0 Å². The molecular weight excluding hydrogens is 320 g/mol. The first-order valence-corrected chi connectivity index (χ1v) is 15.2. The van der Waals surface area contributed by atoms with Gasteiger partial charge in [0.1, 0.15) is 0 Å². The van der Waals surface area contributed by atoms with E-state index in [0.29, 0.717) is 12.1 Å². The third kappa shape index (κ3) is 5.29. The molecular formula is C18H36O3Si2. The Morgan fingerprint density at radius 2 is 1.91 bits per heavy atom. The molecule has 5 heteroatoms. The number of allylic oxidation sites excluding steroid dienone is 1. The van der Waals surface area contributed by atoms with Gasteiger partial charge in [0.2, 0.25) is 0 Å². The molecule has 1 rings (SSSR count). The van der Waals surface area contributed by atoms with Crippen LogP contribution in [0.5, 0.6) is 0 Å². The summed E-state index contributed by atoms with van der Waals surface area (Å²) >= 11 is 0. The van der Waals surface area contributed by atoms with Crippen LogP contribution < -0.4 is 0 Å². The zero-order valence-corrected chi connectivity index (χ0v) is 18.4. The Hall–Kier alpha value is -0.396. The molecule has 3 nitrogen and oxygen atoms in total. The Morgan fingerprint density at radius 1 is 1.30 bits per heavy atom. The minimum atomic E-state index is -1.96. The number of esters is 1. The molecule has 1 aliphatic heterocycles. The summed E-state index contributed by atoms with van der Waals surface area (Å²) in [6.07, 6.45) is 5.53. The van der Waals surface area contributed by atoms with Gasteiger partial charge in [-0.25, -0.2) is 4.79 Å². The van der Waals surface area contributed by atoms with Gasteiger partial charge < -0.3 is 9.16 Å². The maximum Gasteiger partial charge on any atom is 0.333 e. The molecule has 0 radical (unpaired) electrons. The summed E-state index contributed by atoms with van der Waals surface area (Å²) < 4.78 is 12.1. The fraction of sp³-hybridized carbons (Fsp3) is 0.833. The molecule has 0 N–H and O–H groups in total. The molecule has 0 saturated heterocycles. The lowest BCUT2D eigenvalue weighted by Gasteiger charge is -2.46. The van der Waals surface area contributed by atoms with Gasteiger partial charge in [-0.3, -0.25) is 0 Å². The first-order chi connectivity index (χ1) is 10.4. The Labute approximate surface area is 145 Å². The van der Waals surface area contributed by atoms with E-state index in [1.807, 2.05) is 6.92 Å². The molecule has 0 bridgehead atoms. The van der Waals surface area contributed by atoms with E-state index in [2.05, 4.69) is 53.0 Å². The maximum atomic E-state index is 11.7. The molecule has 0 aromatic heterocycles. The number of cyclic esters (lactones) is 1. The number of ether oxygens (including phenoxy) is 1. The van der Waals surface area contributed by atoms with Gasteiger partial charge in [0, 0.05) is 10.8 Å². The molecule has 134 valence electrons. The van der Waals surface area contributed by atoms with Crippen LogP contribution in [-0.4, -0.2) is 34.2 Å². The minimum Gasteiger partial charge on any atom is -0.462 e. The van der Waals surface area contributed by atoms with Crippen LogP contribution in [0.25, 0.3) is 0 Å². The number of hydrogen-bond acceptors (Lipinski definition) is 3. The monoisotopic (exact) mass is 356 g/mol. The molecule has 1 atom stereocenters. The van der Waals surface area contributed by atoms with E-state index in [1.54, 1.807) is 0 Å². The summed E-state index contributed by atoms with van der Waals surface area (Å²) in [6, 6.07) is 1.31. The van der Waals surface area contributed by atoms with Crippen LogP contribution in [0.3, 0.4) is 0 Å². The fourth-order valence-electron chi connectivity index (χ4n) is 3.19. The molecule has 0 spiro atoms. The van der Waals surface area contributed by atoms with Gasteiger partial charge in [0.25, 0.3) is 0 Å². The summed E-state index contributed by atoms with van der Waals surface area (Å²) in [7, 11) is -3.44. The molecule has 0 aromatic carbocycles. The molecule has 0 aliphatic carbocycles. The third-order valence-corrected chi connectivity index (χ3v) is 14.1. The van der Waals surface area contributed by atoms with Crippen molar-refractivity contribution in [2.45, 2.75) is 90.0 Å². The van der Waals surface area contributed by atoms with Crippen molar-refractivity contribution in [1.82, 2.24) is 0 Å². The highest BCUT2D eigenvalue weighted by Crippen LogP contribution is 2.38. The Bertz CT molecular complexity index is 453. The second kappa shape index (κ2) is 7.66. The largest absolute Gasteiger partial charge is 0.462 e. The van der Waals surface area contributed by atoms with Crippen molar-refractivity contribution in [1.29, 1.82) is 0 Å². The number of carbonyl (C=O) groups is 1. The third-order valence-electron chi connectivity index (χ3n) is 5.63. The van der Waals surface area contributed by atoms with Gasteiger partial charge in [0.05, 0.1) is 14.7 Å². The summed E-state index contributed by atoms with van der Waals surface area (Å²) in [5.74, 6) is -0.172. The summed E-state index contributed by atoms with van der Waals surface area (Å²) in [6.45, 7) is 18.7. The molecule has 0 saturated carbocycles. The van der Waals surface area contributed by atoms with Crippen molar-refractivity contribution >= 4 is 22.4 Å². The van der Waals surface area contributed by atoms with Crippen LogP contribution in [0.15, 0.2) is 11.6 Å². The second-order valence-corrected chi connectivity index (χ2v) is 18.2. The van der Waals surface area contributed by atoms with Crippen molar-refractivity contribution in [2.24, 2.45) is 0 Å². The highest BCUT2D eigenvalue weighted by Gasteiger charge is 2.46.